The number of halogens is 1. The van der Waals surface area contributed by atoms with Crippen molar-refractivity contribution in [2.75, 3.05) is 16.0 Å². The third-order valence-electron chi connectivity index (χ3n) is 4.74. The molecule has 4 aromatic heterocycles. The van der Waals surface area contributed by atoms with Crippen LogP contribution in [-0.4, -0.2) is 31.9 Å². The molecule has 11 heteroatoms. The monoisotopic (exact) mass is 473 g/mol. The Morgan fingerprint density at radius 1 is 0.941 bits per heavy atom. The van der Waals surface area contributed by atoms with Crippen LogP contribution in [0.2, 0.25) is 5.02 Å². The van der Waals surface area contributed by atoms with E-state index in [9.17, 15) is 9.59 Å². The number of rotatable bonds is 5. The lowest BCUT2D eigenvalue weighted by Gasteiger charge is -2.07. The molecular weight excluding hydrogens is 458 g/mol. The van der Waals surface area contributed by atoms with E-state index in [4.69, 9.17) is 16.0 Å². The first-order valence-corrected chi connectivity index (χ1v) is 10.4. The molecular formula is C23H16ClN7O3. The Hall–Kier alpha value is -4.70. The first kappa shape index (κ1) is 21.2. The third kappa shape index (κ3) is 4.57. The first-order chi connectivity index (χ1) is 16.5. The van der Waals surface area contributed by atoms with Crippen LogP contribution in [0.25, 0.3) is 22.6 Å². The van der Waals surface area contributed by atoms with Gasteiger partial charge in [-0.1, -0.05) is 11.6 Å². The number of furan rings is 1. The summed E-state index contributed by atoms with van der Waals surface area (Å²) in [5, 5.41) is 8.59. The minimum atomic E-state index is -0.433. The number of anilines is 3. The van der Waals surface area contributed by atoms with Gasteiger partial charge < -0.3 is 25.4 Å². The van der Waals surface area contributed by atoms with Crippen molar-refractivity contribution in [1.29, 1.82) is 0 Å². The van der Waals surface area contributed by atoms with E-state index in [0.717, 1.165) is 0 Å². The number of carbonyl (C=O) groups is 2. The number of imidazole rings is 1. The largest absolute Gasteiger partial charge is 0.459 e. The van der Waals surface area contributed by atoms with Crippen molar-refractivity contribution in [2.45, 2.75) is 0 Å². The maximum atomic E-state index is 12.3. The summed E-state index contributed by atoms with van der Waals surface area (Å²) in [6.45, 7) is 0. The number of H-pyrrole nitrogens is 1. The Bertz CT molecular complexity index is 1480. The fourth-order valence-corrected chi connectivity index (χ4v) is 3.42. The number of fused-ring (bicyclic) bond motifs is 1. The SMILES string of the molecule is O=C(Nc1cccnc1)Nc1cnc2nc(-c3cc(NC(=O)c4ccco4)ccc3Cl)[nH]c2c1. The van der Waals surface area contributed by atoms with E-state index in [1.165, 1.54) is 18.7 Å². The van der Waals surface area contributed by atoms with Crippen LogP contribution >= 0.6 is 11.6 Å². The second-order valence-corrected chi connectivity index (χ2v) is 7.53. The average molecular weight is 474 g/mol. The highest BCUT2D eigenvalue weighted by Crippen LogP contribution is 2.30. The van der Waals surface area contributed by atoms with Gasteiger partial charge in [-0.2, -0.15) is 0 Å². The Morgan fingerprint density at radius 2 is 1.82 bits per heavy atom. The summed E-state index contributed by atoms with van der Waals surface area (Å²) in [4.78, 5) is 40.4. The van der Waals surface area contributed by atoms with Gasteiger partial charge in [-0.15, -0.1) is 0 Å². The number of hydrogen-bond acceptors (Lipinski definition) is 6. The van der Waals surface area contributed by atoms with Gasteiger partial charge in [-0.3, -0.25) is 9.78 Å². The summed E-state index contributed by atoms with van der Waals surface area (Å²) in [6.07, 6.45) is 6.08. The van der Waals surface area contributed by atoms with Gasteiger partial charge in [0.25, 0.3) is 5.91 Å². The number of pyridine rings is 2. The molecule has 0 radical (unpaired) electrons. The number of carbonyl (C=O) groups excluding carboxylic acids is 2. The van der Waals surface area contributed by atoms with E-state index in [1.54, 1.807) is 54.7 Å². The van der Waals surface area contributed by atoms with Crippen LogP contribution in [0.1, 0.15) is 10.6 Å². The van der Waals surface area contributed by atoms with Gasteiger partial charge in [-0.05, 0) is 48.5 Å². The molecule has 3 amide bonds. The highest BCUT2D eigenvalue weighted by molar-refractivity contribution is 6.33. The molecule has 0 spiro atoms. The van der Waals surface area contributed by atoms with Gasteiger partial charge >= 0.3 is 6.03 Å². The van der Waals surface area contributed by atoms with E-state index in [2.05, 4.69) is 35.9 Å². The summed E-state index contributed by atoms with van der Waals surface area (Å²) in [6, 6.07) is 13.0. The highest BCUT2D eigenvalue weighted by atomic mass is 35.5. The zero-order valence-corrected chi connectivity index (χ0v) is 18.1. The van der Waals surface area contributed by atoms with E-state index in [0.29, 0.717) is 44.6 Å². The topological polar surface area (TPSA) is 138 Å². The molecule has 0 aliphatic heterocycles. The average Bonchev–Trinajstić information content (AvgIpc) is 3.51. The van der Waals surface area contributed by atoms with Crippen LogP contribution in [0.5, 0.6) is 0 Å². The van der Waals surface area contributed by atoms with Crippen molar-refractivity contribution in [2.24, 2.45) is 0 Å². The number of benzene rings is 1. The molecule has 10 nitrogen and oxygen atoms in total. The number of amides is 3. The summed E-state index contributed by atoms with van der Waals surface area (Å²) in [5.74, 6) is 0.264. The Balaban J connectivity index is 1.36. The lowest BCUT2D eigenvalue weighted by Crippen LogP contribution is -2.19. The van der Waals surface area contributed by atoms with Gasteiger partial charge in [0.05, 0.1) is 40.6 Å². The zero-order valence-electron chi connectivity index (χ0n) is 17.4. The van der Waals surface area contributed by atoms with Crippen LogP contribution < -0.4 is 16.0 Å². The lowest BCUT2D eigenvalue weighted by molar-refractivity contribution is 0.0996. The summed E-state index contributed by atoms with van der Waals surface area (Å²) < 4.78 is 5.12. The zero-order chi connectivity index (χ0) is 23.5. The van der Waals surface area contributed by atoms with Crippen molar-refractivity contribution < 1.29 is 14.0 Å². The minimum absolute atomic E-state index is 0.192. The predicted octanol–water partition coefficient (Wildman–Crippen LogP) is 5.16. The molecule has 34 heavy (non-hydrogen) atoms. The number of aromatic amines is 1. The molecule has 0 saturated carbocycles. The second kappa shape index (κ2) is 9.04. The van der Waals surface area contributed by atoms with Crippen molar-refractivity contribution >= 4 is 51.8 Å². The molecule has 5 rings (SSSR count). The third-order valence-corrected chi connectivity index (χ3v) is 5.07. The van der Waals surface area contributed by atoms with E-state index in [1.807, 2.05) is 0 Å². The fraction of sp³-hybridized carbons (Fsp3) is 0. The molecule has 4 heterocycles. The fourth-order valence-electron chi connectivity index (χ4n) is 3.21. The summed E-state index contributed by atoms with van der Waals surface area (Å²) in [5.41, 5.74) is 3.15. The predicted molar refractivity (Wildman–Crippen MR) is 128 cm³/mol. The van der Waals surface area contributed by atoms with Crippen LogP contribution in [-0.2, 0) is 0 Å². The van der Waals surface area contributed by atoms with Crippen molar-refractivity contribution in [3.63, 3.8) is 0 Å². The van der Waals surface area contributed by atoms with Crippen LogP contribution in [0, 0.1) is 0 Å². The maximum Gasteiger partial charge on any atom is 0.323 e. The molecule has 0 aliphatic rings. The van der Waals surface area contributed by atoms with Crippen LogP contribution in [0.4, 0.5) is 21.9 Å². The summed E-state index contributed by atoms with van der Waals surface area (Å²) in [7, 11) is 0. The second-order valence-electron chi connectivity index (χ2n) is 7.13. The first-order valence-electron chi connectivity index (χ1n) is 10.0. The Kier molecular flexibility index (Phi) is 5.63. The van der Waals surface area contributed by atoms with Gasteiger partial charge in [0.2, 0.25) is 0 Å². The quantitative estimate of drug-likeness (QED) is 0.278. The number of nitrogens with one attached hydrogen (secondary N) is 4. The normalized spacial score (nSPS) is 10.7. The molecule has 5 aromatic rings. The Morgan fingerprint density at radius 3 is 2.62 bits per heavy atom. The van der Waals surface area contributed by atoms with Crippen molar-refractivity contribution in [3.05, 3.63) is 84.2 Å². The number of hydrogen-bond donors (Lipinski definition) is 4. The number of nitrogens with zero attached hydrogens (tertiary/aromatic N) is 3. The molecule has 1 aromatic carbocycles. The Labute approximate surface area is 197 Å². The molecule has 4 N–H and O–H groups in total. The molecule has 0 saturated heterocycles. The van der Waals surface area contributed by atoms with E-state index in [-0.39, 0.29) is 11.7 Å². The van der Waals surface area contributed by atoms with Crippen LogP contribution in [0.15, 0.2) is 77.8 Å². The van der Waals surface area contributed by atoms with Gasteiger partial charge in [0.1, 0.15) is 5.82 Å². The molecule has 0 fully saturated rings. The van der Waals surface area contributed by atoms with Gasteiger partial charge in [-0.25, -0.2) is 14.8 Å². The number of urea groups is 1. The standard InChI is InChI=1S/C23H16ClN7O3/c24-17-6-5-13(27-22(32)19-4-2-8-34-19)9-16(17)20-30-18-10-15(12-26-21(18)31-20)29-23(33)28-14-3-1-7-25-11-14/h1-12H,(H,27,32)(H,26,30,31)(H2,28,29,33). The summed E-state index contributed by atoms with van der Waals surface area (Å²) >= 11 is 6.39. The minimum Gasteiger partial charge on any atom is -0.459 e. The lowest BCUT2D eigenvalue weighted by atomic mass is 10.2. The highest BCUT2D eigenvalue weighted by Gasteiger charge is 2.14. The molecule has 0 bridgehead atoms. The molecule has 0 atom stereocenters. The maximum absolute atomic E-state index is 12.3. The smallest absolute Gasteiger partial charge is 0.323 e. The van der Waals surface area contributed by atoms with Gasteiger partial charge in [0, 0.05) is 17.4 Å². The molecule has 0 aliphatic carbocycles. The van der Waals surface area contributed by atoms with Crippen molar-refractivity contribution in [1.82, 2.24) is 19.9 Å². The van der Waals surface area contributed by atoms with Crippen LogP contribution in [0.3, 0.4) is 0 Å². The molecule has 0 unspecified atom stereocenters. The molecule has 168 valence electrons. The van der Waals surface area contributed by atoms with Crippen molar-refractivity contribution in [3.8, 4) is 11.4 Å². The van der Waals surface area contributed by atoms with E-state index < -0.39 is 6.03 Å². The number of aromatic nitrogens is 4. The van der Waals surface area contributed by atoms with E-state index >= 15 is 0 Å². The van der Waals surface area contributed by atoms with Gasteiger partial charge in [0.15, 0.2) is 11.4 Å².